The van der Waals surface area contributed by atoms with Gasteiger partial charge in [0.2, 0.25) is 0 Å². The summed E-state index contributed by atoms with van der Waals surface area (Å²) in [5.74, 6) is -0.535. The smallest absolute Gasteiger partial charge is 0.323 e. The van der Waals surface area contributed by atoms with Crippen molar-refractivity contribution in [2.45, 2.75) is 52.0 Å². The van der Waals surface area contributed by atoms with E-state index in [2.05, 4.69) is 0 Å². The lowest BCUT2D eigenvalue weighted by molar-refractivity contribution is -0.144. The molecule has 0 aliphatic carbocycles. The average molecular weight is 224 g/mol. The highest BCUT2D eigenvalue weighted by Crippen LogP contribution is 2.20. The van der Waals surface area contributed by atoms with Gasteiger partial charge in [0.15, 0.2) is 0 Å². The van der Waals surface area contributed by atoms with Crippen molar-refractivity contribution in [2.75, 3.05) is 0 Å². The molecule has 3 nitrogen and oxygen atoms in total. The molecule has 0 aromatic rings. The molecule has 0 aliphatic rings. The van der Waals surface area contributed by atoms with Crippen LogP contribution < -0.4 is 5.73 Å². The summed E-state index contributed by atoms with van der Waals surface area (Å²) < 4.78 is 0. The van der Waals surface area contributed by atoms with Gasteiger partial charge in [-0.1, -0.05) is 33.6 Å². The quantitative estimate of drug-likeness (QED) is 0.727. The summed E-state index contributed by atoms with van der Waals surface area (Å²) in [5, 5.41) is 8.98. The van der Waals surface area contributed by atoms with Crippen LogP contribution >= 0.6 is 12.4 Å². The molecule has 0 bridgehead atoms. The highest BCUT2D eigenvalue weighted by atomic mass is 35.5. The molecule has 0 aromatic heterocycles. The van der Waals surface area contributed by atoms with Gasteiger partial charge < -0.3 is 10.8 Å². The fourth-order valence-electron chi connectivity index (χ4n) is 1.52. The maximum Gasteiger partial charge on any atom is 0.323 e. The van der Waals surface area contributed by atoms with Gasteiger partial charge in [-0.2, -0.15) is 0 Å². The van der Waals surface area contributed by atoms with Gasteiger partial charge in [0.05, 0.1) is 0 Å². The van der Waals surface area contributed by atoms with Crippen LogP contribution in [0, 0.1) is 5.92 Å². The first-order valence-corrected chi connectivity index (χ1v) is 4.94. The largest absolute Gasteiger partial charge is 0.480 e. The van der Waals surface area contributed by atoms with Gasteiger partial charge >= 0.3 is 5.97 Å². The van der Waals surface area contributed by atoms with Crippen molar-refractivity contribution in [1.82, 2.24) is 0 Å². The van der Waals surface area contributed by atoms with Crippen molar-refractivity contribution in [2.24, 2.45) is 11.7 Å². The second-order valence-corrected chi connectivity index (χ2v) is 4.16. The first-order chi connectivity index (χ1) is 5.92. The third kappa shape index (κ3) is 5.45. The Bertz CT molecular complexity index is 174. The Balaban J connectivity index is 0. The summed E-state index contributed by atoms with van der Waals surface area (Å²) in [6.07, 6.45) is 3.01. The third-order valence-electron chi connectivity index (χ3n) is 2.17. The van der Waals surface area contributed by atoms with Gasteiger partial charge in [-0.05, 0) is 18.8 Å². The van der Waals surface area contributed by atoms with Crippen LogP contribution in [-0.2, 0) is 4.79 Å². The highest BCUT2D eigenvalue weighted by Gasteiger charge is 2.33. The number of hydrogen-bond donors (Lipinski definition) is 2. The first-order valence-electron chi connectivity index (χ1n) is 4.94. The van der Waals surface area contributed by atoms with E-state index in [1.165, 1.54) is 0 Å². The number of carboxylic acid groups (broad SMARTS) is 1. The van der Waals surface area contributed by atoms with E-state index in [1.54, 1.807) is 0 Å². The summed E-state index contributed by atoms with van der Waals surface area (Å²) in [6.45, 7) is 6.03. The van der Waals surface area contributed by atoms with E-state index < -0.39 is 11.5 Å². The van der Waals surface area contributed by atoms with Crippen molar-refractivity contribution in [1.29, 1.82) is 0 Å². The van der Waals surface area contributed by atoms with Gasteiger partial charge in [0.25, 0.3) is 0 Å². The van der Waals surface area contributed by atoms with Gasteiger partial charge in [0, 0.05) is 0 Å². The minimum Gasteiger partial charge on any atom is -0.480 e. The number of halogens is 1. The van der Waals surface area contributed by atoms with Crippen LogP contribution in [0.1, 0.15) is 46.5 Å². The molecule has 0 aliphatic heterocycles. The van der Waals surface area contributed by atoms with E-state index in [9.17, 15) is 4.79 Å². The molecule has 0 heterocycles. The number of aliphatic carboxylic acids is 1. The van der Waals surface area contributed by atoms with Crippen LogP contribution in [0.15, 0.2) is 0 Å². The lowest BCUT2D eigenvalue weighted by Gasteiger charge is -2.26. The molecule has 1 atom stereocenters. The predicted molar refractivity (Wildman–Crippen MR) is 60.8 cm³/mol. The first kappa shape index (κ1) is 16.2. The number of hydrogen-bond acceptors (Lipinski definition) is 2. The van der Waals surface area contributed by atoms with Crippen LogP contribution in [0.5, 0.6) is 0 Å². The molecular formula is C10H22ClNO2. The van der Waals surface area contributed by atoms with E-state index in [1.807, 2.05) is 20.8 Å². The fraction of sp³-hybridized carbons (Fsp3) is 0.900. The van der Waals surface area contributed by atoms with Gasteiger partial charge in [-0.25, -0.2) is 0 Å². The lowest BCUT2D eigenvalue weighted by atomic mass is 9.85. The van der Waals surface area contributed by atoms with Crippen molar-refractivity contribution in [3.63, 3.8) is 0 Å². The molecule has 14 heavy (non-hydrogen) atoms. The number of nitrogens with two attached hydrogens (primary N) is 1. The SMILES string of the molecule is CCCC[C@@](N)(CC(C)C)C(=O)O.Cl. The molecule has 86 valence electrons. The van der Waals surface area contributed by atoms with E-state index >= 15 is 0 Å². The maximum atomic E-state index is 10.9. The van der Waals surface area contributed by atoms with E-state index in [-0.39, 0.29) is 12.4 Å². The summed E-state index contributed by atoms with van der Waals surface area (Å²) in [7, 11) is 0. The number of carboxylic acids is 1. The monoisotopic (exact) mass is 223 g/mol. The Hall–Kier alpha value is -0.280. The number of carbonyl (C=O) groups is 1. The second kappa shape index (κ2) is 7.07. The molecule has 0 unspecified atom stereocenters. The van der Waals surface area contributed by atoms with Gasteiger partial charge in [0.1, 0.15) is 5.54 Å². The normalized spacial score (nSPS) is 14.6. The van der Waals surface area contributed by atoms with Crippen LogP contribution in [-0.4, -0.2) is 16.6 Å². The molecule has 4 heteroatoms. The molecule has 0 fully saturated rings. The van der Waals surface area contributed by atoms with Crippen LogP contribution in [0.25, 0.3) is 0 Å². The molecule has 0 amide bonds. The van der Waals surface area contributed by atoms with Crippen LogP contribution in [0.3, 0.4) is 0 Å². The van der Waals surface area contributed by atoms with E-state index in [4.69, 9.17) is 10.8 Å². The molecule has 0 saturated heterocycles. The fourth-order valence-corrected chi connectivity index (χ4v) is 1.52. The highest BCUT2D eigenvalue weighted by molar-refractivity contribution is 5.85. The minimum atomic E-state index is -1.01. The van der Waals surface area contributed by atoms with Crippen molar-refractivity contribution < 1.29 is 9.90 Å². The van der Waals surface area contributed by atoms with Crippen molar-refractivity contribution >= 4 is 18.4 Å². The van der Waals surface area contributed by atoms with Crippen LogP contribution in [0.4, 0.5) is 0 Å². The Morgan fingerprint density at radius 2 is 2.00 bits per heavy atom. The lowest BCUT2D eigenvalue weighted by Crippen LogP contribution is -2.48. The Morgan fingerprint density at radius 1 is 1.50 bits per heavy atom. The molecule has 3 N–H and O–H groups in total. The van der Waals surface area contributed by atoms with Crippen molar-refractivity contribution in [3.05, 3.63) is 0 Å². The van der Waals surface area contributed by atoms with Gasteiger partial charge in [-0.3, -0.25) is 4.79 Å². The number of unbranched alkanes of at least 4 members (excludes halogenated alkanes) is 1. The average Bonchev–Trinajstić information content (AvgIpc) is 1.99. The van der Waals surface area contributed by atoms with E-state index in [0.717, 1.165) is 12.8 Å². The Kier molecular flexibility index (Phi) is 8.16. The predicted octanol–water partition coefficient (Wildman–Crippen LogP) is 2.43. The van der Waals surface area contributed by atoms with E-state index in [0.29, 0.717) is 18.8 Å². The van der Waals surface area contributed by atoms with Crippen molar-refractivity contribution in [3.8, 4) is 0 Å². The molecule has 0 spiro atoms. The topological polar surface area (TPSA) is 63.3 Å². The molecular weight excluding hydrogens is 202 g/mol. The summed E-state index contributed by atoms with van der Waals surface area (Å²) >= 11 is 0. The minimum absolute atomic E-state index is 0. The van der Waals surface area contributed by atoms with Gasteiger partial charge in [-0.15, -0.1) is 12.4 Å². The Labute approximate surface area is 92.5 Å². The summed E-state index contributed by atoms with van der Waals surface area (Å²) in [5.41, 5.74) is 4.82. The zero-order chi connectivity index (χ0) is 10.5. The standard InChI is InChI=1S/C10H21NO2.ClH/c1-4-5-6-10(11,9(12)13)7-8(2)3;/h8H,4-7,11H2,1-3H3,(H,12,13);1H/t10-;/m1./s1. The molecule has 0 radical (unpaired) electrons. The molecule has 0 aromatic carbocycles. The second-order valence-electron chi connectivity index (χ2n) is 4.16. The summed E-state index contributed by atoms with van der Waals surface area (Å²) in [6, 6.07) is 0. The summed E-state index contributed by atoms with van der Waals surface area (Å²) in [4.78, 5) is 10.9. The molecule has 0 rings (SSSR count). The number of rotatable bonds is 6. The maximum absolute atomic E-state index is 10.9. The third-order valence-corrected chi connectivity index (χ3v) is 2.17. The Morgan fingerprint density at radius 3 is 2.29 bits per heavy atom. The van der Waals surface area contributed by atoms with Crippen LogP contribution in [0.2, 0.25) is 0 Å². The zero-order valence-corrected chi connectivity index (χ0v) is 10.1. The zero-order valence-electron chi connectivity index (χ0n) is 9.25. The molecule has 0 saturated carbocycles.